The van der Waals surface area contributed by atoms with Crippen LogP contribution >= 0.6 is 0 Å². The first-order valence-electron chi connectivity index (χ1n) is 6.32. The van der Waals surface area contributed by atoms with E-state index in [1.54, 1.807) is 0 Å². The summed E-state index contributed by atoms with van der Waals surface area (Å²) >= 11 is 0. The quantitative estimate of drug-likeness (QED) is 0.464. The van der Waals surface area contributed by atoms with Crippen LogP contribution < -0.4 is 0 Å². The van der Waals surface area contributed by atoms with Crippen LogP contribution in [0.5, 0.6) is 0 Å². The van der Waals surface area contributed by atoms with E-state index in [-0.39, 0.29) is 5.54 Å². The van der Waals surface area contributed by atoms with Crippen LogP contribution in [-0.4, -0.2) is 11.3 Å². The van der Waals surface area contributed by atoms with Gasteiger partial charge in [0.25, 0.3) is 0 Å². The Morgan fingerprint density at radius 3 is 2.33 bits per heavy atom. The Kier molecular flexibility index (Phi) is 4.56. The van der Waals surface area contributed by atoms with Crippen LogP contribution in [0.2, 0.25) is 0 Å². The fraction of sp³-hybridized carbons (Fsp3) is 0.786. The SMILES string of the molecule is C=C(C)C1(N=C(C)CCCC)CCCC1. The van der Waals surface area contributed by atoms with Crippen LogP contribution in [0.1, 0.15) is 65.7 Å². The predicted octanol–water partition coefficient (Wildman–Crippen LogP) is 4.53. The van der Waals surface area contributed by atoms with E-state index in [0.717, 1.165) is 6.42 Å². The van der Waals surface area contributed by atoms with Gasteiger partial charge in [0.15, 0.2) is 0 Å². The van der Waals surface area contributed by atoms with Crippen LogP contribution in [0.25, 0.3) is 0 Å². The molecule has 0 spiro atoms. The van der Waals surface area contributed by atoms with Gasteiger partial charge in [-0.05, 0) is 39.5 Å². The van der Waals surface area contributed by atoms with Gasteiger partial charge >= 0.3 is 0 Å². The Morgan fingerprint density at radius 2 is 1.87 bits per heavy atom. The normalized spacial score (nSPS) is 20.6. The molecule has 0 radical (unpaired) electrons. The summed E-state index contributed by atoms with van der Waals surface area (Å²) in [6.07, 6.45) is 8.74. The Hall–Kier alpha value is -0.590. The third kappa shape index (κ3) is 3.19. The van der Waals surface area contributed by atoms with E-state index < -0.39 is 0 Å². The summed E-state index contributed by atoms with van der Waals surface area (Å²) in [5, 5.41) is 0. The number of hydrogen-bond donors (Lipinski definition) is 0. The molecule has 0 aromatic carbocycles. The molecule has 1 rings (SSSR count). The molecule has 0 N–H and O–H groups in total. The predicted molar refractivity (Wildman–Crippen MR) is 68.6 cm³/mol. The molecule has 0 amide bonds. The highest BCUT2D eigenvalue weighted by Gasteiger charge is 2.33. The van der Waals surface area contributed by atoms with E-state index in [1.807, 2.05) is 0 Å². The molecule has 0 aromatic rings. The van der Waals surface area contributed by atoms with Crippen LogP contribution in [-0.2, 0) is 0 Å². The summed E-state index contributed by atoms with van der Waals surface area (Å²) in [6, 6.07) is 0. The maximum atomic E-state index is 4.96. The second-order valence-corrected chi connectivity index (χ2v) is 4.97. The first-order valence-corrected chi connectivity index (χ1v) is 6.32. The van der Waals surface area contributed by atoms with Gasteiger partial charge in [0, 0.05) is 5.71 Å². The summed E-state index contributed by atoms with van der Waals surface area (Å²) in [5.74, 6) is 0. The molecule has 1 aliphatic carbocycles. The van der Waals surface area contributed by atoms with Crippen molar-refractivity contribution in [1.29, 1.82) is 0 Å². The summed E-state index contributed by atoms with van der Waals surface area (Å²) in [4.78, 5) is 4.96. The zero-order valence-corrected chi connectivity index (χ0v) is 10.6. The van der Waals surface area contributed by atoms with E-state index >= 15 is 0 Å². The summed E-state index contributed by atoms with van der Waals surface area (Å²) < 4.78 is 0. The lowest BCUT2D eigenvalue weighted by Gasteiger charge is -2.26. The molecule has 15 heavy (non-hydrogen) atoms. The molecule has 1 nitrogen and oxygen atoms in total. The van der Waals surface area contributed by atoms with Gasteiger partial charge in [0.1, 0.15) is 0 Å². The van der Waals surface area contributed by atoms with Crippen LogP contribution in [0.15, 0.2) is 17.1 Å². The van der Waals surface area contributed by atoms with E-state index in [9.17, 15) is 0 Å². The Balaban J connectivity index is 2.69. The van der Waals surface area contributed by atoms with Gasteiger partial charge in [-0.25, -0.2) is 0 Å². The lowest BCUT2D eigenvalue weighted by molar-refractivity contribution is 0.519. The lowest BCUT2D eigenvalue weighted by Crippen LogP contribution is -2.24. The fourth-order valence-corrected chi connectivity index (χ4v) is 2.45. The number of aliphatic imine (C=N–C) groups is 1. The molecular weight excluding hydrogens is 182 g/mol. The largest absolute Gasteiger partial charge is 0.283 e. The van der Waals surface area contributed by atoms with Crippen LogP contribution in [0.4, 0.5) is 0 Å². The van der Waals surface area contributed by atoms with E-state index in [1.165, 1.54) is 49.8 Å². The average molecular weight is 207 g/mol. The van der Waals surface area contributed by atoms with Gasteiger partial charge in [-0.2, -0.15) is 0 Å². The summed E-state index contributed by atoms with van der Waals surface area (Å²) in [7, 11) is 0. The van der Waals surface area contributed by atoms with Crippen molar-refractivity contribution < 1.29 is 0 Å². The van der Waals surface area contributed by atoms with Crippen LogP contribution in [0, 0.1) is 0 Å². The first kappa shape index (κ1) is 12.5. The molecule has 0 unspecified atom stereocenters. The van der Waals surface area contributed by atoms with E-state index in [2.05, 4.69) is 27.4 Å². The van der Waals surface area contributed by atoms with Crippen molar-refractivity contribution in [2.75, 3.05) is 0 Å². The Labute approximate surface area is 94.7 Å². The summed E-state index contributed by atoms with van der Waals surface area (Å²) in [5.41, 5.74) is 2.69. The van der Waals surface area contributed by atoms with Gasteiger partial charge in [-0.3, -0.25) is 4.99 Å². The molecule has 1 aliphatic rings. The highest BCUT2D eigenvalue weighted by atomic mass is 14.9. The molecule has 1 fully saturated rings. The van der Waals surface area contributed by atoms with Crippen molar-refractivity contribution in [3.05, 3.63) is 12.2 Å². The van der Waals surface area contributed by atoms with Crippen molar-refractivity contribution in [3.63, 3.8) is 0 Å². The zero-order chi connectivity index (χ0) is 11.3. The topological polar surface area (TPSA) is 12.4 Å². The van der Waals surface area contributed by atoms with Gasteiger partial charge < -0.3 is 0 Å². The first-order chi connectivity index (χ1) is 7.10. The molecule has 1 saturated carbocycles. The van der Waals surface area contributed by atoms with Crippen molar-refractivity contribution in [2.45, 2.75) is 71.3 Å². The smallest absolute Gasteiger partial charge is 0.0810 e. The van der Waals surface area contributed by atoms with Crippen LogP contribution in [0.3, 0.4) is 0 Å². The maximum Gasteiger partial charge on any atom is 0.0810 e. The van der Waals surface area contributed by atoms with Gasteiger partial charge in [-0.1, -0.05) is 38.3 Å². The molecule has 0 bridgehead atoms. The third-order valence-electron chi connectivity index (χ3n) is 3.52. The number of unbranched alkanes of at least 4 members (excludes halogenated alkanes) is 1. The molecule has 1 heteroatoms. The molecule has 86 valence electrons. The highest BCUT2D eigenvalue weighted by molar-refractivity contribution is 5.82. The van der Waals surface area contributed by atoms with Crippen molar-refractivity contribution in [1.82, 2.24) is 0 Å². The van der Waals surface area contributed by atoms with Gasteiger partial charge in [-0.15, -0.1) is 0 Å². The van der Waals surface area contributed by atoms with Gasteiger partial charge in [0.05, 0.1) is 5.54 Å². The summed E-state index contributed by atoms with van der Waals surface area (Å²) in [6.45, 7) is 10.7. The Bertz CT molecular complexity index is 244. The minimum absolute atomic E-state index is 0.109. The fourth-order valence-electron chi connectivity index (χ4n) is 2.45. The molecule has 0 saturated heterocycles. The van der Waals surface area contributed by atoms with Crippen molar-refractivity contribution in [2.24, 2.45) is 4.99 Å². The Morgan fingerprint density at radius 1 is 1.27 bits per heavy atom. The third-order valence-corrected chi connectivity index (χ3v) is 3.52. The van der Waals surface area contributed by atoms with Crippen molar-refractivity contribution >= 4 is 5.71 Å². The minimum Gasteiger partial charge on any atom is -0.283 e. The molecule has 0 heterocycles. The second-order valence-electron chi connectivity index (χ2n) is 4.97. The molecule has 0 atom stereocenters. The number of rotatable bonds is 5. The molecule has 0 aromatic heterocycles. The highest BCUT2D eigenvalue weighted by Crippen LogP contribution is 2.38. The van der Waals surface area contributed by atoms with E-state index in [4.69, 9.17) is 4.99 Å². The second kappa shape index (κ2) is 5.48. The maximum absolute atomic E-state index is 4.96. The van der Waals surface area contributed by atoms with Gasteiger partial charge in [0.2, 0.25) is 0 Å². The minimum atomic E-state index is 0.109. The number of hydrogen-bond acceptors (Lipinski definition) is 1. The van der Waals surface area contributed by atoms with Crippen molar-refractivity contribution in [3.8, 4) is 0 Å². The van der Waals surface area contributed by atoms with E-state index in [0.29, 0.717) is 0 Å². The monoisotopic (exact) mass is 207 g/mol. The average Bonchev–Trinajstić information content (AvgIpc) is 2.64. The molecular formula is C14H25N. The standard InChI is InChI=1S/C14H25N/c1-5-6-9-13(4)15-14(12(2)3)10-7-8-11-14/h2,5-11H2,1,3-4H3. The lowest BCUT2D eigenvalue weighted by atomic mass is 9.90. The zero-order valence-electron chi connectivity index (χ0n) is 10.6. The number of nitrogens with zero attached hydrogens (tertiary/aromatic N) is 1. The molecule has 0 aliphatic heterocycles.